The summed E-state index contributed by atoms with van der Waals surface area (Å²) in [4.78, 5) is 17.4. The molecule has 1 saturated heterocycles. The van der Waals surface area contributed by atoms with Crippen molar-refractivity contribution in [2.75, 3.05) is 26.2 Å². The smallest absolute Gasteiger partial charge is 0.254 e. The van der Waals surface area contributed by atoms with E-state index in [0.29, 0.717) is 0 Å². The zero-order valence-electron chi connectivity index (χ0n) is 16.7. The average molecular weight is 406 g/mol. The third kappa shape index (κ3) is 4.69. The lowest BCUT2D eigenvalue weighted by atomic mass is 9.96. The summed E-state index contributed by atoms with van der Waals surface area (Å²) in [6, 6.07) is 29.4. The van der Waals surface area contributed by atoms with Crippen LogP contribution in [0.3, 0.4) is 0 Å². The molecule has 0 N–H and O–H groups in total. The van der Waals surface area contributed by atoms with Crippen molar-refractivity contribution in [1.82, 2.24) is 9.80 Å². The second-order valence-corrected chi connectivity index (χ2v) is 7.37. The molecule has 0 radical (unpaired) electrons. The molecule has 3 aromatic rings. The summed E-state index contributed by atoms with van der Waals surface area (Å²) in [6.45, 7) is 5.25. The second-order valence-electron chi connectivity index (χ2n) is 7.37. The highest BCUT2D eigenvalue weighted by molar-refractivity contribution is 5.95. The Balaban J connectivity index is 0.00000240. The number of carbonyl (C=O) groups excluding carboxylic acids is 1. The number of hydrogen-bond acceptors (Lipinski definition) is 2. The summed E-state index contributed by atoms with van der Waals surface area (Å²) in [7, 11) is 0. The largest absolute Gasteiger partial charge is 1.00 e. The van der Waals surface area contributed by atoms with E-state index in [4.69, 9.17) is 0 Å². The summed E-state index contributed by atoms with van der Waals surface area (Å²) >= 11 is 0. The predicted octanol–water partition coefficient (Wildman–Crippen LogP) is 1.55. The van der Waals surface area contributed by atoms with Gasteiger partial charge in [-0.05, 0) is 29.7 Å². The first-order chi connectivity index (χ1) is 13.7. The maximum Gasteiger partial charge on any atom is 0.254 e. The van der Waals surface area contributed by atoms with Crippen molar-refractivity contribution in [1.29, 1.82) is 0 Å². The van der Waals surface area contributed by atoms with Gasteiger partial charge in [-0.15, -0.1) is 0 Å². The first kappa shape index (κ1) is 21.1. The molecule has 0 atom stereocenters. The minimum Gasteiger partial charge on any atom is -1.00 e. The van der Waals surface area contributed by atoms with Crippen molar-refractivity contribution in [2.45, 2.75) is 13.0 Å². The summed E-state index contributed by atoms with van der Waals surface area (Å²) in [5.41, 5.74) is 4.46. The van der Waals surface area contributed by atoms with Gasteiger partial charge in [0, 0.05) is 31.7 Å². The number of amides is 1. The Kier molecular flexibility index (Phi) is 7.08. The normalized spacial score (nSPS) is 14.5. The second kappa shape index (κ2) is 9.73. The molecule has 3 aromatic carbocycles. The molecule has 29 heavy (non-hydrogen) atoms. The lowest BCUT2D eigenvalue weighted by molar-refractivity contribution is -0.0000166. The molecule has 0 saturated carbocycles. The van der Waals surface area contributed by atoms with E-state index in [1.54, 1.807) is 0 Å². The van der Waals surface area contributed by atoms with Crippen molar-refractivity contribution < 1.29 is 17.2 Å². The molecule has 4 rings (SSSR count). The molecule has 1 amide bonds. The van der Waals surface area contributed by atoms with Gasteiger partial charge < -0.3 is 17.3 Å². The molecule has 1 aliphatic heterocycles. The lowest BCUT2D eigenvalue weighted by Crippen LogP contribution is -3.00. The van der Waals surface area contributed by atoms with Gasteiger partial charge in [-0.2, -0.15) is 0 Å². The Labute approximate surface area is 179 Å². The van der Waals surface area contributed by atoms with Crippen LogP contribution in [0.25, 0.3) is 0 Å². The SMILES string of the molecule is Cc1ccccc1C(=O)N1CCN(C(c2ccccc2)c2ccccc2)CC1.[Cl-]. The van der Waals surface area contributed by atoms with Crippen molar-refractivity contribution in [3.8, 4) is 0 Å². The van der Waals surface area contributed by atoms with E-state index in [0.717, 1.165) is 37.3 Å². The van der Waals surface area contributed by atoms with Gasteiger partial charge in [-0.1, -0.05) is 78.9 Å². The van der Waals surface area contributed by atoms with E-state index < -0.39 is 0 Å². The number of nitrogens with zero attached hydrogens (tertiary/aromatic N) is 2. The van der Waals surface area contributed by atoms with Crippen molar-refractivity contribution in [3.63, 3.8) is 0 Å². The van der Waals surface area contributed by atoms with E-state index in [9.17, 15) is 4.79 Å². The van der Waals surface area contributed by atoms with Crippen molar-refractivity contribution in [2.24, 2.45) is 0 Å². The van der Waals surface area contributed by atoms with Crippen LogP contribution in [0.2, 0.25) is 0 Å². The molecule has 1 heterocycles. The average Bonchev–Trinajstić information content (AvgIpc) is 2.76. The van der Waals surface area contributed by atoms with E-state index in [1.165, 1.54) is 11.1 Å². The van der Waals surface area contributed by atoms with Crippen LogP contribution in [0.5, 0.6) is 0 Å². The molecule has 1 fully saturated rings. The van der Waals surface area contributed by atoms with Crippen molar-refractivity contribution in [3.05, 3.63) is 107 Å². The molecule has 1 aliphatic rings. The first-order valence-corrected chi connectivity index (χ1v) is 9.93. The summed E-state index contributed by atoms with van der Waals surface area (Å²) in [5.74, 6) is 0.147. The summed E-state index contributed by atoms with van der Waals surface area (Å²) < 4.78 is 0. The van der Waals surface area contributed by atoms with Gasteiger partial charge in [0.05, 0.1) is 6.04 Å². The molecule has 0 bridgehead atoms. The highest BCUT2D eigenvalue weighted by atomic mass is 35.5. The van der Waals surface area contributed by atoms with Crippen LogP contribution in [0, 0.1) is 6.92 Å². The molecule has 0 unspecified atom stereocenters. The van der Waals surface area contributed by atoms with Gasteiger partial charge in [-0.25, -0.2) is 0 Å². The number of rotatable bonds is 4. The highest BCUT2D eigenvalue weighted by Gasteiger charge is 2.28. The number of halogens is 1. The molecule has 4 heteroatoms. The van der Waals surface area contributed by atoms with E-state index in [2.05, 4.69) is 65.6 Å². The van der Waals surface area contributed by atoms with Crippen LogP contribution in [0.4, 0.5) is 0 Å². The minimum atomic E-state index is 0. The number of aryl methyl sites for hydroxylation is 1. The first-order valence-electron chi connectivity index (χ1n) is 9.93. The minimum absolute atomic E-state index is 0. The Morgan fingerprint density at radius 2 is 1.21 bits per heavy atom. The van der Waals surface area contributed by atoms with Gasteiger partial charge in [0.1, 0.15) is 0 Å². The summed E-state index contributed by atoms with van der Waals surface area (Å²) in [5, 5.41) is 0. The molecule has 0 spiro atoms. The fourth-order valence-electron chi connectivity index (χ4n) is 4.05. The standard InChI is InChI=1S/C25H26N2O.ClH/c1-20-10-8-9-15-23(20)25(28)27-18-16-26(17-19-27)24(21-11-4-2-5-12-21)22-13-6-3-7-14-22;/h2-15,24H,16-19H2,1H3;1H/p-1. The number of carbonyl (C=O) groups is 1. The Morgan fingerprint density at radius 3 is 1.72 bits per heavy atom. The number of hydrogen-bond donors (Lipinski definition) is 0. The molecule has 0 aromatic heterocycles. The third-order valence-corrected chi connectivity index (χ3v) is 5.57. The maximum absolute atomic E-state index is 12.9. The quantitative estimate of drug-likeness (QED) is 0.657. The van der Waals surface area contributed by atoms with Gasteiger partial charge >= 0.3 is 0 Å². The van der Waals surface area contributed by atoms with Crippen LogP contribution >= 0.6 is 0 Å². The Bertz CT molecular complexity index is 882. The molecule has 150 valence electrons. The van der Waals surface area contributed by atoms with Crippen LogP contribution in [-0.4, -0.2) is 41.9 Å². The van der Waals surface area contributed by atoms with Gasteiger partial charge in [0.15, 0.2) is 0 Å². The zero-order chi connectivity index (χ0) is 19.3. The molecule has 0 aliphatic carbocycles. The van der Waals surface area contributed by atoms with E-state index >= 15 is 0 Å². The third-order valence-electron chi connectivity index (χ3n) is 5.57. The number of piperazine rings is 1. The zero-order valence-corrected chi connectivity index (χ0v) is 17.4. The van der Waals surface area contributed by atoms with Crippen LogP contribution in [0.15, 0.2) is 84.9 Å². The van der Waals surface area contributed by atoms with E-state index in [-0.39, 0.29) is 24.4 Å². The predicted molar refractivity (Wildman–Crippen MR) is 113 cm³/mol. The van der Waals surface area contributed by atoms with Gasteiger partial charge in [0.2, 0.25) is 0 Å². The molecule has 3 nitrogen and oxygen atoms in total. The van der Waals surface area contributed by atoms with Gasteiger partial charge in [-0.3, -0.25) is 9.69 Å². The number of benzene rings is 3. The Hall–Kier alpha value is -2.62. The maximum atomic E-state index is 12.9. The Morgan fingerprint density at radius 1 is 0.724 bits per heavy atom. The fourth-order valence-corrected chi connectivity index (χ4v) is 4.05. The highest BCUT2D eigenvalue weighted by Crippen LogP contribution is 2.29. The lowest BCUT2D eigenvalue weighted by Gasteiger charge is -2.40. The van der Waals surface area contributed by atoms with E-state index in [1.807, 2.05) is 36.1 Å². The van der Waals surface area contributed by atoms with Gasteiger partial charge in [0.25, 0.3) is 5.91 Å². The fraction of sp³-hybridized carbons (Fsp3) is 0.240. The topological polar surface area (TPSA) is 23.6 Å². The summed E-state index contributed by atoms with van der Waals surface area (Å²) in [6.07, 6.45) is 0. The molecular weight excluding hydrogens is 380 g/mol. The monoisotopic (exact) mass is 405 g/mol. The van der Waals surface area contributed by atoms with Crippen LogP contribution < -0.4 is 12.4 Å². The van der Waals surface area contributed by atoms with Crippen LogP contribution in [-0.2, 0) is 0 Å². The van der Waals surface area contributed by atoms with Crippen LogP contribution in [0.1, 0.15) is 33.1 Å². The van der Waals surface area contributed by atoms with Crippen molar-refractivity contribution >= 4 is 5.91 Å². The molecular formula is C25H26ClN2O-.